The van der Waals surface area contributed by atoms with Crippen LogP contribution < -0.4 is 4.74 Å². The van der Waals surface area contributed by atoms with Crippen LogP contribution in [0.25, 0.3) is 10.2 Å². The first-order valence-electron chi connectivity index (χ1n) is 10.3. The third-order valence-electron chi connectivity index (χ3n) is 6.10. The van der Waals surface area contributed by atoms with E-state index >= 15 is 0 Å². The number of nitrogens with zero attached hydrogens (tertiary/aromatic N) is 3. The Balaban J connectivity index is 0.000000755. The number of hydrogen-bond acceptors (Lipinski definition) is 7. The maximum atomic E-state index is 9.31. The Morgan fingerprint density at radius 3 is 2.62 bits per heavy atom. The Kier molecular flexibility index (Phi) is 7.80. The third-order valence-corrected chi connectivity index (χ3v) is 7.30. The van der Waals surface area contributed by atoms with Gasteiger partial charge in [0.1, 0.15) is 17.3 Å². The molecular formula is C21H31N3O4S. The fourth-order valence-electron chi connectivity index (χ4n) is 4.51. The van der Waals surface area contributed by atoms with Gasteiger partial charge in [0.2, 0.25) is 5.88 Å². The highest BCUT2D eigenvalue weighted by atomic mass is 32.1. The van der Waals surface area contributed by atoms with Crippen LogP contribution in [-0.2, 0) is 17.6 Å². The van der Waals surface area contributed by atoms with Gasteiger partial charge in [-0.15, -0.1) is 11.3 Å². The maximum Gasteiger partial charge on any atom is 0.290 e. The summed E-state index contributed by atoms with van der Waals surface area (Å²) in [5, 5.41) is 17.3. The molecule has 0 spiro atoms. The number of thiophene rings is 1. The molecule has 2 heterocycles. The Bertz CT molecular complexity index is 803. The zero-order valence-electron chi connectivity index (χ0n) is 17.2. The molecule has 8 heteroatoms. The topological polar surface area (TPSA) is 95.8 Å². The standard InChI is InChI=1S/C20H29N3O2S.CH2O2/c1-23(2)14-4-6-15(7-5-14)25-19-18-16-11-13(9-10-24)3-8-17(16)26-20(18)22-12-21-19;2-1-3/h12-15,24H,3-11H2,1-2H3;1H,(H,2,3)/t13-,14?,15?;/m1./s1. The highest BCUT2D eigenvalue weighted by molar-refractivity contribution is 7.18. The smallest absolute Gasteiger partial charge is 0.290 e. The predicted molar refractivity (Wildman–Crippen MR) is 114 cm³/mol. The van der Waals surface area contributed by atoms with Gasteiger partial charge in [0.05, 0.1) is 5.39 Å². The number of rotatable bonds is 5. The van der Waals surface area contributed by atoms with Gasteiger partial charge in [0.25, 0.3) is 6.47 Å². The van der Waals surface area contributed by atoms with Crippen molar-refractivity contribution >= 4 is 28.0 Å². The van der Waals surface area contributed by atoms with Gasteiger partial charge < -0.3 is 19.8 Å². The first-order chi connectivity index (χ1) is 14.1. The number of aromatic nitrogens is 2. The SMILES string of the molecule is CN(C)C1CCC(Oc2ncnc3sc4c(c23)C[C@@H](CCO)CC4)CC1.O=CO. The molecule has 2 aliphatic carbocycles. The molecule has 4 rings (SSSR count). The predicted octanol–water partition coefficient (Wildman–Crippen LogP) is 3.13. The minimum Gasteiger partial charge on any atom is -0.483 e. The molecule has 160 valence electrons. The molecular weight excluding hydrogens is 390 g/mol. The minimum absolute atomic E-state index is 0.250. The molecule has 1 fully saturated rings. The first-order valence-corrected chi connectivity index (χ1v) is 11.2. The summed E-state index contributed by atoms with van der Waals surface area (Å²) >= 11 is 1.80. The van der Waals surface area contributed by atoms with E-state index in [1.165, 1.54) is 29.7 Å². The van der Waals surface area contributed by atoms with Crippen molar-refractivity contribution in [2.24, 2.45) is 5.92 Å². The van der Waals surface area contributed by atoms with Gasteiger partial charge in [-0.05, 0) is 76.9 Å². The highest BCUT2D eigenvalue weighted by Crippen LogP contribution is 2.41. The van der Waals surface area contributed by atoms with Crippen molar-refractivity contribution in [2.45, 2.75) is 63.5 Å². The summed E-state index contributed by atoms with van der Waals surface area (Å²) in [6, 6.07) is 0.674. The number of ether oxygens (including phenoxy) is 1. The summed E-state index contributed by atoms with van der Waals surface area (Å²) in [5.41, 5.74) is 1.38. The van der Waals surface area contributed by atoms with Crippen molar-refractivity contribution in [1.29, 1.82) is 0 Å². The highest BCUT2D eigenvalue weighted by Gasteiger charge is 2.28. The monoisotopic (exact) mass is 421 g/mol. The van der Waals surface area contributed by atoms with Gasteiger partial charge in [-0.3, -0.25) is 4.79 Å². The van der Waals surface area contributed by atoms with Gasteiger partial charge in [0, 0.05) is 17.5 Å². The van der Waals surface area contributed by atoms with Crippen molar-refractivity contribution in [3.05, 3.63) is 16.8 Å². The molecule has 2 aromatic rings. The quantitative estimate of drug-likeness (QED) is 0.716. The van der Waals surface area contributed by atoms with Gasteiger partial charge in [-0.2, -0.15) is 0 Å². The normalized spacial score (nSPS) is 23.9. The van der Waals surface area contributed by atoms with E-state index in [1.807, 2.05) is 0 Å². The van der Waals surface area contributed by atoms with E-state index in [-0.39, 0.29) is 19.2 Å². The molecule has 1 saturated carbocycles. The first kappa shape index (κ1) is 21.9. The second-order valence-corrected chi connectivity index (χ2v) is 9.18. The van der Waals surface area contributed by atoms with Crippen LogP contribution in [0.15, 0.2) is 6.33 Å². The number of fused-ring (bicyclic) bond motifs is 3. The van der Waals surface area contributed by atoms with Crippen molar-refractivity contribution in [3.8, 4) is 5.88 Å². The fourth-order valence-corrected chi connectivity index (χ4v) is 5.68. The van der Waals surface area contributed by atoms with Crippen LogP contribution in [0.2, 0.25) is 0 Å². The molecule has 0 unspecified atom stereocenters. The number of carboxylic acid groups (broad SMARTS) is 1. The lowest BCUT2D eigenvalue weighted by Crippen LogP contribution is -2.35. The van der Waals surface area contributed by atoms with Gasteiger partial charge in [-0.25, -0.2) is 9.97 Å². The molecule has 0 radical (unpaired) electrons. The number of carbonyl (C=O) groups is 1. The van der Waals surface area contributed by atoms with Crippen molar-refractivity contribution < 1.29 is 19.7 Å². The Morgan fingerprint density at radius 1 is 1.24 bits per heavy atom. The molecule has 0 bridgehead atoms. The maximum absolute atomic E-state index is 9.31. The average molecular weight is 422 g/mol. The van der Waals surface area contributed by atoms with E-state index < -0.39 is 0 Å². The lowest BCUT2D eigenvalue weighted by Gasteiger charge is -2.32. The molecule has 29 heavy (non-hydrogen) atoms. The van der Waals surface area contributed by atoms with E-state index in [1.54, 1.807) is 17.7 Å². The van der Waals surface area contributed by atoms with E-state index in [9.17, 15) is 5.11 Å². The van der Waals surface area contributed by atoms with Gasteiger partial charge >= 0.3 is 0 Å². The zero-order chi connectivity index (χ0) is 20.8. The van der Waals surface area contributed by atoms with Crippen LogP contribution in [-0.4, -0.2) is 64.4 Å². The van der Waals surface area contributed by atoms with Crippen molar-refractivity contribution in [2.75, 3.05) is 20.7 Å². The summed E-state index contributed by atoms with van der Waals surface area (Å²) in [7, 11) is 4.33. The van der Waals surface area contributed by atoms with Crippen LogP contribution in [0.1, 0.15) is 49.0 Å². The molecule has 0 amide bonds. The molecule has 0 aliphatic heterocycles. The van der Waals surface area contributed by atoms with E-state index in [0.717, 1.165) is 48.2 Å². The van der Waals surface area contributed by atoms with Crippen LogP contribution in [0.3, 0.4) is 0 Å². The van der Waals surface area contributed by atoms with Crippen LogP contribution in [0.5, 0.6) is 5.88 Å². The van der Waals surface area contributed by atoms with Gasteiger partial charge in [0.15, 0.2) is 0 Å². The average Bonchev–Trinajstić information content (AvgIpc) is 3.08. The minimum atomic E-state index is -0.250. The van der Waals surface area contributed by atoms with Gasteiger partial charge in [-0.1, -0.05) is 0 Å². The lowest BCUT2D eigenvalue weighted by molar-refractivity contribution is -0.122. The second kappa shape index (κ2) is 10.3. The largest absolute Gasteiger partial charge is 0.483 e. The Hall–Kier alpha value is -1.77. The molecule has 2 N–H and O–H groups in total. The number of aryl methyl sites for hydroxylation is 1. The summed E-state index contributed by atoms with van der Waals surface area (Å²) in [6.45, 7) is 0.0248. The molecule has 0 saturated heterocycles. The van der Waals surface area contributed by atoms with Crippen molar-refractivity contribution in [3.63, 3.8) is 0 Å². The molecule has 2 aliphatic rings. The molecule has 1 atom stereocenters. The summed E-state index contributed by atoms with van der Waals surface area (Å²) < 4.78 is 6.40. The molecule has 2 aromatic heterocycles. The third kappa shape index (κ3) is 5.24. The Morgan fingerprint density at radius 2 is 1.97 bits per heavy atom. The fraction of sp³-hybridized carbons (Fsp3) is 0.667. The summed E-state index contributed by atoms with van der Waals surface area (Å²) in [4.78, 5) is 22.2. The van der Waals surface area contributed by atoms with Crippen LogP contribution >= 0.6 is 11.3 Å². The molecule has 0 aromatic carbocycles. The number of hydrogen-bond donors (Lipinski definition) is 2. The summed E-state index contributed by atoms with van der Waals surface area (Å²) in [5.74, 6) is 1.35. The van der Waals surface area contributed by atoms with Crippen LogP contribution in [0, 0.1) is 5.92 Å². The number of aliphatic hydroxyl groups excluding tert-OH is 1. The van der Waals surface area contributed by atoms with Crippen LogP contribution in [0.4, 0.5) is 0 Å². The van der Waals surface area contributed by atoms with E-state index in [2.05, 4.69) is 29.0 Å². The Labute approximate surface area is 175 Å². The van der Waals surface area contributed by atoms with Crippen molar-refractivity contribution in [1.82, 2.24) is 14.9 Å². The number of aliphatic hydroxyl groups is 1. The molecule has 7 nitrogen and oxygen atoms in total. The van der Waals surface area contributed by atoms with E-state index in [4.69, 9.17) is 14.6 Å². The lowest BCUT2D eigenvalue weighted by atomic mass is 9.85. The summed E-state index contributed by atoms with van der Waals surface area (Å²) in [6.07, 6.45) is 10.6. The zero-order valence-corrected chi connectivity index (χ0v) is 18.0. The van der Waals surface area contributed by atoms with E-state index in [0.29, 0.717) is 12.0 Å². The second-order valence-electron chi connectivity index (χ2n) is 8.10.